The molecule has 0 saturated heterocycles. The second-order valence-electron chi connectivity index (χ2n) is 4.82. The van der Waals surface area contributed by atoms with Gasteiger partial charge in [0.05, 0.1) is 11.4 Å². The van der Waals surface area contributed by atoms with Gasteiger partial charge in [-0.15, -0.1) is 0 Å². The van der Waals surface area contributed by atoms with E-state index >= 15 is 0 Å². The summed E-state index contributed by atoms with van der Waals surface area (Å²) in [6, 6.07) is 9.18. The zero-order valence-electron chi connectivity index (χ0n) is 12.2. The lowest BCUT2D eigenvalue weighted by Gasteiger charge is -2.11. The number of aromatic nitrogens is 2. The third-order valence-corrected chi connectivity index (χ3v) is 4.51. The fourth-order valence-corrected chi connectivity index (χ4v) is 2.12. The summed E-state index contributed by atoms with van der Waals surface area (Å²) >= 11 is 0. The lowest BCUT2D eigenvalue weighted by molar-refractivity contribution is 0.280. The van der Waals surface area contributed by atoms with Crippen molar-refractivity contribution in [3.8, 4) is 6.01 Å². The molecule has 6 nitrogen and oxygen atoms in total. The molecule has 0 unspecified atom stereocenters. The maximum absolute atomic E-state index is 13.6. The van der Waals surface area contributed by atoms with Crippen LogP contribution in [-0.2, 0) is 16.6 Å². The van der Waals surface area contributed by atoms with Crippen LogP contribution in [0.15, 0.2) is 36.5 Å². The van der Waals surface area contributed by atoms with Gasteiger partial charge in [0.25, 0.3) is 0 Å². The fraction of sp³-hybridized carbons (Fsp3) is 0.286. The first kappa shape index (κ1) is 16.2. The Bertz CT molecular complexity index is 736. The van der Waals surface area contributed by atoms with E-state index in [1.807, 2.05) is 30.3 Å². The molecule has 8 heteroatoms. The van der Waals surface area contributed by atoms with Gasteiger partial charge in [-0.1, -0.05) is 30.3 Å². The van der Waals surface area contributed by atoms with E-state index in [-0.39, 0.29) is 12.6 Å². The van der Waals surface area contributed by atoms with Crippen LogP contribution < -0.4 is 9.46 Å². The number of nitrogens with zero attached hydrogens (tertiary/aromatic N) is 2. The van der Waals surface area contributed by atoms with E-state index in [0.717, 1.165) is 11.8 Å². The Morgan fingerprint density at radius 1 is 1.27 bits per heavy atom. The van der Waals surface area contributed by atoms with Gasteiger partial charge in [-0.3, -0.25) is 4.72 Å². The molecule has 22 heavy (non-hydrogen) atoms. The minimum atomic E-state index is -3.69. The Kier molecular flexibility index (Phi) is 4.92. The average molecular weight is 325 g/mol. The number of nitrogens with one attached hydrogen (secondary N) is 1. The smallest absolute Gasteiger partial charge is 0.318 e. The normalized spacial score (nSPS) is 11.5. The van der Waals surface area contributed by atoms with Gasteiger partial charge in [-0.05, 0) is 19.4 Å². The van der Waals surface area contributed by atoms with Crippen LogP contribution in [0.2, 0.25) is 0 Å². The summed E-state index contributed by atoms with van der Waals surface area (Å²) in [5, 5.41) is -0.712. The van der Waals surface area contributed by atoms with Crippen LogP contribution in [0.1, 0.15) is 19.4 Å². The van der Waals surface area contributed by atoms with Crippen LogP contribution in [0.4, 0.5) is 10.2 Å². The first-order chi connectivity index (χ1) is 10.4. The fourth-order valence-electron chi connectivity index (χ4n) is 1.47. The predicted octanol–water partition coefficient (Wildman–Crippen LogP) is 2.34. The Hall–Kier alpha value is -2.22. The van der Waals surface area contributed by atoms with Crippen molar-refractivity contribution in [1.29, 1.82) is 0 Å². The molecule has 0 aliphatic rings. The molecule has 0 aliphatic carbocycles. The summed E-state index contributed by atoms with van der Waals surface area (Å²) in [5.41, 5.74) is 0.889. The van der Waals surface area contributed by atoms with Crippen molar-refractivity contribution in [1.82, 2.24) is 9.97 Å². The van der Waals surface area contributed by atoms with Gasteiger partial charge in [0.2, 0.25) is 10.0 Å². The molecule has 1 aromatic carbocycles. The highest BCUT2D eigenvalue weighted by atomic mass is 32.2. The number of halogens is 1. The van der Waals surface area contributed by atoms with E-state index in [9.17, 15) is 12.8 Å². The first-order valence-corrected chi connectivity index (χ1v) is 8.14. The maximum atomic E-state index is 13.6. The second-order valence-corrected chi connectivity index (χ2v) is 7.06. The third-order valence-electron chi connectivity index (χ3n) is 2.79. The summed E-state index contributed by atoms with van der Waals surface area (Å²) < 4.78 is 44.6. The highest BCUT2D eigenvalue weighted by Crippen LogP contribution is 2.17. The zero-order valence-corrected chi connectivity index (χ0v) is 13.0. The molecule has 1 heterocycles. The zero-order chi connectivity index (χ0) is 16.2. The van der Waals surface area contributed by atoms with Crippen molar-refractivity contribution in [3.63, 3.8) is 0 Å². The molecular weight excluding hydrogens is 309 g/mol. The molecule has 118 valence electrons. The maximum Gasteiger partial charge on any atom is 0.318 e. The number of anilines is 1. The molecule has 1 aromatic heterocycles. The van der Waals surface area contributed by atoms with Crippen molar-refractivity contribution in [2.75, 3.05) is 4.72 Å². The Balaban J connectivity index is 2.13. The largest absolute Gasteiger partial charge is 0.459 e. The molecule has 0 aliphatic heterocycles. The van der Waals surface area contributed by atoms with Crippen LogP contribution in [-0.4, -0.2) is 23.6 Å². The number of benzene rings is 1. The molecule has 0 atom stereocenters. The van der Waals surface area contributed by atoms with Gasteiger partial charge in [0, 0.05) is 0 Å². The SMILES string of the molecule is CC(C)S(=O)(=O)Nc1nc(OCc2ccccc2)ncc1F. The van der Waals surface area contributed by atoms with Gasteiger partial charge in [-0.25, -0.2) is 17.8 Å². The minimum Gasteiger partial charge on any atom is -0.459 e. The molecule has 0 fully saturated rings. The van der Waals surface area contributed by atoms with Gasteiger partial charge >= 0.3 is 6.01 Å². The van der Waals surface area contributed by atoms with Crippen molar-refractivity contribution >= 4 is 15.8 Å². The minimum absolute atomic E-state index is 0.105. The van der Waals surface area contributed by atoms with Crippen LogP contribution in [0, 0.1) is 5.82 Å². The Morgan fingerprint density at radius 2 is 1.95 bits per heavy atom. The van der Waals surface area contributed by atoms with Crippen molar-refractivity contribution in [2.24, 2.45) is 0 Å². The second kappa shape index (κ2) is 6.69. The number of sulfonamides is 1. The topological polar surface area (TPSA) is 81.2 Å². The summed E-state index contributed by atoms with van der Waals surface area (Å²) in [4.78, 5) is 7.44. The molecule has 2 aromatic rings. The van der Waals surface area contributed by atoms with Gasteiger partial charge in [-0.2, -0.15) is 4.98 Å². The van der Waals surface area contributed by atoms with Crippen LogP contribution >= 0.6 is 0 Å². The van der Waals surface area contributed by atoms with E-state index in [4.69, 9.17) is 4.74 Å². The van der Waals surface area contributed by atoms with E-state index in [1.54, 1.807) is 0 Å². The van der Waals surface area contributed by atoms with E-state index in [2.05, 4.69) is 14.7 Å². The number of hydrogen-bond donors (Lipinski definition) is 1. The van der Waals surface area contributed by atoms with Crippen molar-refractivity contribution in [3.05, 3.63) is 47.9 Å². The van der Waals surface area contributed by atoms with Crippen molar-refractivity contribution in [2.45, 2.75) is 25.7 Å². The van der Waals surface area contributed by atoms with Crippen LogP contribution in [0.3, 0.4) is 0 Å². The van der Waals surface area contributed by atoms with Gasteiger partial charge in [0.1, 0.15) is 6.61 Å². The molecule has 0 bridgehead atoms. The summed E-state index contributed by atoms with van der Waals surface area (Å²) in [6.45, 7) is 3.16. The summed E-state index contributed by atoms with van der Waals surface area (Å²) in [6.07, 6.45) is 0.867. The molecule has 0 radical (unpaired) electrons. The highest BCUT2D eigenvalue weighted by Gasteiger charge is 2.19. The lowest BCUT2D eigenvalue weighted by Crippen LogP contribution is -2.24. The lowest BCUT2D eigenvalue weighted by atomic mass is 10.2. The Labute approximate surface area is 128 Å². The van der Waals surface area contributed by atoms with Crippen LogP contribution in [0.25, 0.3) is 0 Å². The Morgan fingerprint density at radius 3 is 2.59 bits per heavy atom. The van der Waals surface area contributed by atoms with Crippen molar-refractivity contribution < 1.29 is 17.5 Å². The van der Waals surface area contributed by atoms with Gasteiger partial charge < -0.3 is 4.74 Å². The molecule has 2 rings (SSSR count). The molecule has 0 saturated carbocycles. The number of hydrogen-bond acceptors (Lipinski definition) is 5. The van der Waals surface area contributed by atoms with Gasteiger partial charge in [0.15, 0.2) is 11.6 Å². The number of rotatable bonds is 6. The average Bonchev–Trinajstić information content (AvgIpc) is 2.49. The monoisotopic (exact) mass is 325 g/mol. The molecule has 0 amide bonds. The standard InChI is InChI=1S/C14H16FN3O3S/c1-10(2)22(19,20)18-13-12(15)8-16-14(17-13)21-9-11-6-4-3-5-7-11/h3-8,10H,9H2,1-2H3,(H,16,17,18). The van der Waals surface area contributed by atoms with E-state index in [0.29, 0.717) is 0 Å². The van der Waals surface area contributed by atoms with E-state index in [1.165, 1.54) is 13.8 Å². The van der Waals surface area contributed by atoms with E-state index < -0.39 is 26.9 Å². The predicted molar refractivity (Wildman–Crippen MR) is 80.4 cm³/mol. The molecular formula is C14H16FN3O3S. The first-order valence-electron chi connectivity index (χ1n) is 6.59. The number of ether oxygens (including phenoxy) is 1. The third kappa shape index (κ3) is 4.14. The highest BCUT2D eigenvalue weighted by molar-refractivity contribution is 7.93. The summed E-state index contributed by atoms with van der Waals surface area (Å²) in [5.74, 6) is -1.29. The quantitative estimate of drug-likeness (QED) is 0.881. The molecule has 1 N–H and O–H groups in total. The summed E-state index contributed by atoms with van der Waals surface area (Å²) in [7, 11) is -3.69. The van der Waals surface area contributed by atoms with Crippen LogP contribution in [0.5, 0.6) is 6.01 Å². The molecule has 0 spiro atoms.